The normalized spacial score (nSPS) is 14.6. The second-order valence-corrected chi connectivity index (χ2v) is 7.37. The van der Waals surface area contributed by atoms with Crippen LogP contribution in [0.2, 0.25) is 0 Å². The Balaban J connectivity index is 2.70. The van der Waals surface area contributed by atoms with Gasteiger partial charge in [0.2, 0.25) is 5.91 Å². The Morgan fingerprint density at radius 2 is 2.14 bits per heavy atom. The van der Waals surface area contributed by atoms with E-state index >= 15 is 0 Å². The molecule has 0 aliphatic heterocycles. The molecule has 0 aliphatic carbocycles. The van der Waals surface area contributed by atoms with Crippen LogP contribution in [0.25, 0.3) is 0 Å². The van der Waals surface area contributed by atoms with E-state index in [2.05, 4.69) is 10.0 Å². The molecule has 1 rings (SSSR count). The summed E-state index contributed by atoms with van der Waals surface area (Å²) in [6.45, 7) is 3.09. The monoisotopic (exact) mass is 346 g/mol. The lowest BCUT2D eigenvalue weighted by Crippen LogP contribution is -2.50. The number of hydrogen-bond acceptors (Lipinski definition) is 5. The molecular weight excluding hydrogens is 328 g/mol. The first kappa shape index (κ1) is 18.3. The van der Waals surface area contributed by atoms with E-state index in [1.807, 2.05) is 0 Å². The molecule has 1 heterocycles. The van der Waals surface area contributed by atoms with Crippen LogP contribution >= 0.6 is 11.3 Å². The van der Waals surface area contributed by atoms with Gasteiger partial charge in [0.15, 0.2) is 0 Å². The average Bonchev–Trinajstić information content (AvgIpc) is 2.97. The molecule has 0 fully saturated rings. The summed E-state index contributed by atoms with van der Waals surface area (Å²) in [7, 11) is -3.79. The highest BCUT2D eigenvalue weighted by molar-refractivity contribution is 7.91. The fourth-order valence-corrected chi connectivity index (χ4v) is 3.76. The van der Waals surface area contributed by atoms with Crippen LogP contribution in [0, 0.1) is 0 Å². The van der Waals surface area contributed by atoms with E-state index in [1.54, 1.807) is 30.5 Å². The minimum Gasteiger partial charge on any atom is -0.480 e. The minimum absolute atomic E-state index is 0.0934. The Hall–Kier alpha value is -1.71. The van der Waals surface area contributed by atoms with Gasteiger partial charge in [-0.05, 0) is 31.7 Å². The topological polar surface area (TPSA) is 113 Å². The predicted molar refractivity (Wildman–Crippen MR) is 83.1 cm³/mol. The van der Waals surface area contributed by atoms with Crippen molar-refractivity contribution >= 4 is 33.2 Å². The molecule has 2 unspecified atom stereocenters. The van der Waals surface area contributed by atoms with Crippen LogP contribution in [0.5, 0.6) is 0 Å². The Morgan fingerprint density at radius 3 is 2.64 bits per heavy atom. The lowest BCUT2D eigenvalue weighted by molar-refractivity contribution is -0.141. The minimum atomic E-state index is -3.79. The Morgan fingerprint density at radius 1 is 1.45 bits per heavy atom. The van der Waals surface area contributed by atoms with Crippen LogP contribution in [-0.4, -0.2) is 37.5 Å². The van der Waals surface area contributed by atoms with Gasteiger partial charge in [-0.15, -0.1) is 11.3 Å². The summed E-state index contributed by atoms with van der Waals surface area (Å²) in [5.74, 6) is -1.88. The molecule has 0 radical (unpaired) electrons. The van der Waals surface area contributed by atoms with E-state index in [-0.39, 0.29) is 10.6 Å². The van der Waals surface area contributed by atoms with Crippen LogP contribution in [-0.2, 0) is 19.6 Å². The lowest BCUT2D eigenvalue weighted by atomic mass is 10.2. The van der Waals surface area contributed by atoms with Crippen molar-refractivity contribution in [1.82, 2.24) is 10.0 Å². The molecule has 122 valence electrons. The predicted octanol–water partition coefficient (Wildman–Crippen LogP) is 0.950. The smallest absolute Gasteiger partial charge is 0.326 e. The van der Waals surface area contributed by atoms with E-state index in [4.69, 9.17) is 5.11 Å². The first-order valence-corrected chi connectivity index (χ1v) is 8.84. The number of aliphatic carboxylic acids is 1. The fourth-order valence-electron chi connectivity index (χ4n) is 1.55. The van der Waals surface area contributed by atoms with Crippen LogP contribution in [0.3, 0.4) is 0 Å². The first-order chi connectivity index (χ1) is 10.3. The third-order valence-corrected chi connectivity index (χ3v) is 5.65. The largest absolute Gasteiger partial charge is 0.480 e. The summed E-state index contributed by atoms with van der Waals surface area (Å²) in [4.78, 5) is 23.0. The number of carboxylic acids is 1. The zero-order valence-corrected chi connectivity index (χ0v) is 13.8. The highest BCUT2D eigenvalue weighted by atomic mass is 32.2. The van der Waals surface area contributed by atoms with E-state index in [1.165, 1.54) is 13.0 Å². The van der Waals surface area contributed by atoms with Gasteiger partial charge in [-0.25, -0.2) is 13.2 Å². The molecule has 0 bridgehead atoms. The Kier molecular flexibility index (Phi) is 6.72. The van der Waals surface area contributed by atoms with Gasteiger partial charge >= 0.3 is 5.97 Å². The van der Waals surface area contributed by atoms with Gasteiger partial charge in [0.25, 0.3) is 10.0 Å². The lowest BCUT2D eigenvalue weighted by Gasteiger charge is -2.17. The van der Waals surface area contributed by atoms with Crippen molar-refractivity contribution in [3.63, 3.8) is 0 Å². The van der Waals surface area contributed by atoms with Crippen molar-refractivity contribution in [3.8, 4) is 0 Å². The third-order valence-electron chi connectivity index (χ3n) is 2.71. The maximum atomic E-state index is 12.0. The van der Waals surface area contributed by atoms with Gasteiger partial charge in [-0.3, -0.25) is 4.79 Å². The highest BCUT2D eigenvalue weighted by Gasteiger charge is 2.26. The average molecular weight is 346 g/mol. The van der Waals surface area contributed by atoms with E-state index in [0.29, 0.717) is 0 Å². The number of sulfonamides is 1. The first-order valence-electron chi connectivity index (χ1n) is 6.48. The number of allylic oxidation sites excluding steroid dienone is 1. The number of hydrogen-bond donors (Lipinski definition) is 3. The van der Waals surface area contributed by atoms with Gasteiger partial charge in [0.05, 0.1) is 6.04 Å². The molecular formula is C13H18N2O5S2. The third kappa shape index (κ3) is 5.24. The second kappa shape index (κ2) is 8.06. The number of thiophene rings is 1. The standard InChI is InChI=1S/C13H18N2O5S2/c1-3-4-6-10(13(17)18)14-12(16)9(2)15-22(19,20)11-7-5-8-21-11/h3-5,7-10,15H,6H2,1-2H3,(H,14,16)(H,17,18)/b4-3+. The highest BCUT2D eigenvalue weighted by Crippen LogP contribution is 2.15. The Labute approximate surface area is 133 Å². The van der Waals surface area contributed by atoms with Crippen molar-refractivity contribution in [1.29, 1.82) is 0 Å². The molecule has 0 saturated heterocycles. The zero-order chi connectivity index (χ0) is 16.8. The summed E-state index contributed by atoms with van der Waals surface area (Å²) in [6.07, 6.45) is 3.41. The van der Waals surface area contributed by atoms with Gasteiger partial charge in [-0.2, -0.15) is 4.72 Å². The molecule has 3 N–H and O–H groups in total. The number of carbonyl (C=O) groups is 2. The molecule has 7 nitrogen and oxygen atoms in total. The number of nitrogens with one attached hydrogen (secondary N) is 2. The van der Waals surface area contributed by atoms with E-state index in [9.17, 15) is 18.0 Å². The summed E-state index contributed by atoms with van der Waals surface area (Å²) >= 11 is 1.03. The maximum absolute atomic E-state index is 12.0. The van der Waals surface area contributed by atoms with Crippen LogP contribution < -0.4 is 10.0 Å². The van der Waals surface area contributed by atoms with Crippen molar-refractivity contribution in [2.24, 2.45) is 0 Å². The number of carboxylic acid groups (broad SMARTS) is 1. The zero-order valence-electron chi connectivity index (χ0n) is 12.1. The molecule has 22 heavy (non-hydrogen) atoms. The van der Waals surface area contributed by atoms with Gasteiger partial charge < -0.3 is 10.4 Å². The number of amides is 1. The summed E-state index contributed by atoms with van der Waals surface area (Å²) in [5, 5.41) is 12.9. The molecule has 9 heteroatoms. The molecule has 2 atom stereocenters. The summed E-state index contributed by atoms with van der Waals surface area (Å²) in [5.41, 5.74) is 0. The van der Waals surface area contributed by atoms with E-state index < -0.39 is 34.0 Å². The van der Waals surface area contributed by atoms with Crippen LogP contribution in [0.1, 0.15) is 20.3 Å². The molecule has 0 aliphatic rings. The fraction of sp³-hybridized carbons (Fsp3) is 0.385. The van der Waals surface area contributed by atoms with Crippen molar-refractivity contribution in [3.05, 3.63) is 29.7 Å². The molecule has 0 saturated carbocycles. The molecule has 0 spiro atoms. The SMILES string of the molecule is C/C=C/CC(NC(=O)C(C)NS(=O)(=O)c1cccs1)C(=O)O. The van der Waals surface area contributed by atoms with Gasteiger partial charge in [0, 0.05) is 0 Å². The van der Waals surface area contributed by atoms with E-state index in [0.717, 1.165) is 11.3 Å². The molecule has 1 amide bonds. The number of rotatable bonds is 8. The molecule has 1 aromatic rings. The second-order valence-electron chi connectivity index (χ2n) is 4.48. The van der Waals surface area contributed by atoms with Gasteiger partial charge in [0.1, 0.15) is 10.3 Å². The van der Waals surface area contributed by atoms with Crippen molar-refractivity contribution in [2.75, 3.05) is 0 Å². The summed E-state index contributed by atoms with van der Waals surface area (Å²) < 4.78 is 26.3. The quantitative estimate of drug-likeness (QED) is 0.607. The number of carbonyl (C=O) groups excluding carboxylic acids is 1. The molecule has 1 aromatic heterocycles. The van der Waals surface area contributed by atoms with Crippen molar-refractivity contribution < 1.29 is 23.1 Å². The summed E-state index contributed by atoms with van der Waals surface area (Å²) in [6, 6.07) is 0.822. The maximum Gasteiger partial charge on any atom is 0.326 e. The van der Waals surface area contributed by atoms with Crippen LogP contribution in [0.15, 0.2) is 33.9 Å². The molecule has 0 aromatic carbocycles. The Bertz CT molecular complexity index is 637. The van der Waals surface area contributed by atoms with Gasteiger partial charge in [-0.1, -0.05) is 18.2 Å². The van der Waals surface area contributed by atoms with Crippen molar-refractivity contribution in [2.45, 2.75) is 36.6 Å². The van der Waals surface area contributed by atoms with Crippen LogP contribution in [0.4, 0.5) is 0 Å².